The van der Waals surface area contributed by atoms with Crippen molar-refractivity contribution < 1.29 is 9.18 Å². The number of halogens is 1. The standard InChI is InChI=1S/C14H16FN3O/c1-11-7-10-18(17-11)9-2-8-16-14(19)12-3-5-13(15)6-4-12/h3-7,10H,2,8-9H2,1H3,(H,16,19). The van der Waals surface area contributed by atoms with Gasteiger partial charge < -0.3 is 5.32 Å². The molecule has 100 valence electrons. The molecule has 1 N–H and O–H groups in total. The van der Waals surface area contributed by atoms with Gasteiger partial charge in [-0.15, -0.1) is 0 Å². The number of carbonyl (C=O) groups is 1. The second kappa shape index (κ2) is 6.13. The third-order valence-corrected chi connectivity index (χ3v) is 2.73. The highest BCUT2D eigenvalue weighted by Crippen LogP contribution is 2.02. The Balaban J connectivity index is 1.73. The van der Waals surface area contributed by atoms with Gasteiger partial charge in [-0.1, -0.05) is 0 Å². The van der Waals surface area contributed by atoms with Crippen molar-refractivity contribution in [2.24, 2.45) is 0 Å². The normalized spacial score (nSPS) is 10.4. The van der Waals surface area contributed by atoms with E-state index in [1.165, 1.54) is 24.3 Å². The quantitative estimate of drug-likeness (QED) is 0.838. The van der Waals surface area contributed by atoms with Gasteiger partial charge in [0.2, 0.25) is 0 Å². The molecule has 1 aromatic heterocycles. The highest BCUT2D eigenvalue weighted by atomic mass is 19.1. The Kier molecular flexibility index (Phi) is 4.28. The number of rotatable bonds is 5. The van der Waals surface area contributed by atoms with Crippen LogP contribution in [0.15, 0.2) is 36.5 Å². The monoisotopic (exact) mass is 261 g/mol. The molecule has 1 heterocycles. The predicted molar refractivity (Wildman–Crippen MR) is 70.3 cm³/mol. The number of carbonyl (C=O) groups excluding carboxylic acids is 1. The maximum absolute atomic E-state index is 12.7. The third-order valence-electron chi connectivity index (χ3n) is 2.73. The minimum absolute atomic E-state index is 0.184. The number of amides is 1. The molecule has 0 aliphatic carbocycles. The van der Waals surface area contributed by atoms with Crippen LogP contribution in [0.4, 0.5) is 4.39 Å². The van der Waals surface area contributed by atoms with Gasteiger partial charge in [0.25, 0.3) is 5.91 Å². The molecule has 0 fully saturated rings. The van der Waals surface area contributed by atoms with Gasteiger partial charge in [-0.05, 0) is 43.7 Å². The smallest absolute Gasteiger partial charge is 0.251 e. The second-order valence-electron chi connectivity index (χ2n) is 4.34. The van der Waals surface area contributed by atoms with E-state index in [-0.39, 0.29) is 11.7 Å². The van der Waals surface area contributed by atoms with Crippen molar-refractivity contribution in [1.29, 1.82) is 0 Å². The van der Waals surface area contributed by atoms with Gasteiger partial charge in [-0.3, -0.25) is 9.48 Å². The summed E-state index contributed by atoms with van der Waals surface area (Å²) in [5.74, 6) is -0.526. The Labute approximate surface area is 111 Å². The molecule has 0 saturated carbocycles. The van der Waals surface area contributed by atoms with Crippen molar-refractivity contribution in [2.45, 2.75) is 19.9 Å². The van der Waals surface area contributed by atoms with E-state index in [9.17, 15) is 9.18 Å². The molecule has 1 amide bonds. The maximum atomic E-state index is 12.7. The lowest BCUT2D eigenvalue weighted by Gasteiger charge is -2.05. The van der Waals surface area contributed by atoms with Gasteiger partial charge in [0.1, 0.15) is 5.82 Å². The summed E-state index contributed by atoms with van der Waals surface area (Å²) in [6.07, 6.45) is 2.71. The van der Waals surface area contributed by atoms with Crippen molar-refractivity contribution in [3.8, 4) is 0 Å². The highest BCUT2D eigenvalue weighted by molar-refractivity contribution is 5.94. The van der Waals surface area contributed by atoms with Crippen LogP contribution >= 0.6 is 0 Å². The van der Waals surface area contributed by atoms with Crippen LogP contribution in [0.1, 0.15) is 22.5 Å². The molecule has 5 heteroatoms. The minimum Gasteiger partial charge on any atom is -0.352 e. The highest BCUT2D eigenvalue weighted by Gasteiger charge is 2.04. The summed E-state index contributed by atoms with van der Waals surface area (Å²) in [6, 6.07) is 7.45. The van der Waals surface area contributed by atoms with Crippen molar-refractivity contribution in [3.05, 3.63) is 53.6 Å². The van der Waals surface area contributed by atoms with Gasteiger partial charge in [-0.2, -0.15) is 5.10 Å². The van der Waals surface area contributed by atoms with Crippen LogP contribution in [-0.4, -0.2) is 22.2 Å². The second-order valence-corrected chi connectivity index (χ2v) is 4.34. The van der Waals surface area contributed by atoms with Crippen LogP contribution in [0.5, 0.6) is 0 Å². The number of aromatic nitrogens is 2. The summed E-state index contributed by atoms with van der Waals surface area (Å²) in [5.41, 5.74) is 1.45. The zero-order valence-corrected chi connectivity index (χ0v) is 10.8. The Bertz CT molecular complexity index is 548. The zero-order valence-electron chi connectivity index (χ0n) is 10.8. The Hall–Kier alpha value is -2.17. The molecule has 0 aliphatic heterocycles. The average Bonchev–Trinajstić information content (AvgIpc) is 2.81. The van der Waals surface area contributed by atoms with Crippen LogP contribution in [0.3, 0.4) is 0 Å². The fraction of sp³-hybridized carbons (Fsp3) is 0.286. The molecule has 0 atom stereocenters. The van der Waals surface area contributed by atoms with Crippen molar-refractivity contribution in [3.63, 3.8) is 0 Å². The van der Waals surface area contributed by atoms with Gasteiger partial charge in [-0.25, -0.2) is 4.39 Å². The van der Waals surface area contributed by atoms with E-state index in [1.54, 1.807) is 0 Å². The molecule has 19 heavy (non-hydrogen) atoms. The largest absolute Gasteiger partial charge is 0.352 e. The number of aryl methyl sites for hydroxylation is 2. The summed E-state index contributed by atoms with van der Waals surface area (Å²) in [5, 5.41) is 7.05. The van der Waals surface area contributed by atoms with E-state index >= 15 is 0 Å². The van der Waals surface area contributed by atoms with Crippen molar-refractivity contribution in [1.82, 2.24) is 15.1 Å². The topological polar surface area (TPSA) is 46.9 Å². The lowest BCUT2D eigenvalue weighted by Crippen LogP contribution is -2.25. The van der Waals surface area contributed by atoms with E-state index in [2.05, 4.69) is 10.4 Å². The molecule has 0 radical (unpaired) electrons. The van der Waals surface area contributed by atoms with Crippen LogP contribution in [-0.2, 0) is 6.54 Å². The Morgan fingerprint density at radius 1 is 1.32 bits per heavy atom. The zero-order chi connectivity index (χ0) is 13.7. The van der Waals surface area contributed by atoms with E-state index in [0.717, 1.165) is 18.7 Å². The van der Waals surface area contributed by atoms with Crippen LogP contribution in [0.2, 0.25) is 0 Å². The lowest BCUT2D eigenvalue weighted by atomic mass is 10.2. The molecular weight excluding hydrogens is 245 g/mol. The number of hydrogen-bond acceptors (Lipinski definition) is 2. The van der Waals surface area contributed by atoms with E-state index in [4.69, 9.17) is 0 Å². The van der Waals surface area contributed by atoms with Crippen molar-refractivity contribution in [2.75, 3.05) is 6.54 Å². The number of benzene rings is 1. The Morgan fingerprint density at radius 3 is 2.68 bits per heavy atom. The summed E-state index contributed by atoms with van der Waals surface area (Å²) >= 11 is 0. The Morgan fingerprint density at radius 2 is 2.05 bits per heavy atom. The predicted octanol–water partition coefficient (Wildman–Crippen LogP) is 2.15. The van der Waals surface area contributed by atoms with Gasteiger partial charge in [0.15, 0.2) is 0 Å². The molecule has 2 rings (SSSR count). The third kappa shape index (κ3) is 3.91. The molecule has 4 nitrogen and oxygen atoms in total. The fourth-order valence-corrected chi connectivity index (χ4v) is 1.73. The molecule has 0 saturated heterocycles. The first-order valence-electron chi connectivity index (χ1n) is 6.19. The summed E-state index contributed by atoms with van der Waals surface area (Å²) in [4.78, 5) is 11.7. The first kappa shape index (κ1) is 13.3. The van der Waals surface area contributed by atoms with E-state index < -0.39 is 0 Å². The van der Waals surface area contributed by atoms with Gasteiger partial charge >= 0.3 is 0 Å². The molecule has 2 aromatic rings. The summed E-state index contributed by atoms with van der Waals surface area (Å²) in [7, 11) is 0. The number of hydrogen-bond donors (Lipinski definition) is 1. The minimum atomic E-state index is -0.342. The summed E-state index contributed by atoms with van der Waals surface area (Å²) in [6.45, 7) is 3.26. The van der Waals surface area contributed by atoms with Crippen molar-refractivity contribution >= 4 is 5.91 Å². The summed E-state index contributed by atoms with van der Waals surface area (Å²) < 4.78 is 14.6. The van der Waals surface area contributed by atoms with E-state index in [1.807, 2.05) is 23.9 Å². The maximum Gasteiger partial charge on any atom is 0.251 e. The first-order chi connectivity index (χ1) is 9.15. The molecule has 0 unspecified atom stereocenters. The molecule has 0 aliphatic rings. The van der Waals surface area contributed by atoms with Gasteiger partial charge in [0, 0.05) is 24.8 Å². The molecule has 0 bridgehead atoms. The number of nitrogens with zero attached hydrogens (tertiary/aromatic N) is 2. The molecule has 0 spiro atoms. The molecule has 1 aromatic carbocycles. The van der Waals surface area contributed by atoms with Gasteiger partial charge in [0.05, 0.1) is 5.69 Å². The molecular formula is C14H16FN3O. The van der Waals surface area contributed by atoms with E-state index in [0.29, 0.717) is 12.1 Å². The average molecular weight is 261 g/mol. The fourth-order valence-electron chi connectivity index (χ4n) is 1.73. The van der Waals surface area contributed by atoms with Crippen LogP contribution in [0.25, 0.3) is 0 Å². The van der Waals surface area contributed by atoms with Crippen LogP contribution in [0, 0.1) is 12.7 Å². The lowest BCUT2D eigenvalue weighted by molar-refractivity contribution is 0.0952. The number of nitrogens with one attached hydrogen (secondary N) is 1. The SMILES string of the molecule is Cc1ccn(CCCNC(=O)c2ccc(F)cc2)n1. The van der Waals surface area contributed by atoms with Crippen LogP contribution < -0.4 is 5.32 Å². The first-order valence-corrected chi connectivity index (χ1v) is 6.19.